The first-order chi connectivity index (χ1) is 7.71. The molecule has 0 aliphatic heterocycles. The van der Waals surface area contributed by atoms with Crippen LogP contribution in [-0.4, -0.2) is 38.6 Å². The van der Waals surface area contributed by atoms with E-state index in [0.29, 0.717) is 5.88 Å². The zero-order valence-electron chi connectivity index (χ0n) is 10.00. The van der Waals surface area contributed by atoms with Gasteiger partial charge in [0.05, 0.1) is 14.2 Å². The summed E-state index contributed by atoms with van der Waals surface area (Å²) in [5, 5.41) is 0. The van der Waals surface area contributed by atoms with E-state index in [-0.39, 0.29) is 0 Å². The molecular formula is C12H18ClNO2. The van der Waals surface area contributed by atoms with Crippen molar-refractivity contribution in [2.24, 2.45) is 0 Å². The molecule has 0 aliphatic rings. The molecule has 0 aliphatic carbocycles. The third kappa shape index (κ3) is 3.58. The molecule has 0 N–H and O–H groups in total. The van der Waals surface area contributed by atoms with Crippen LogP contribution in [0.2, 0.25) is 0 Å². The minimum absolute atomic E-state index is 0.643. The Morgan fingerprint density at radius 1 is 1.19 bits per heavy atom. The van der Waals surface area contributed by atoms with E-state index in [4.69, 9.17) is 21.1 Å². The summed E-state index contributed by atoms with van der Waals surface area (Å²) < 4.78 is 10.4. The van der Waals surface area contributed by atoms with Crippen molar-refractivity contribution in [2.45, 2.75) is 6.54 Å². The molecule has 0 bridgehead atoms. The summed E-state index contributed by atoms with van der Waals surface area (Å²) in [6.45, 7) is 1.73. The molecule has 0 aromatic heterocycles. The molecule has 0 spiro atoms. The van der Waals surface area contributed by atoms with Gasteiger partial charge >= 0.3 is 0 Å². The Hall–Kier alpha value is -0.930. The summed E-state index contributed by atoms with van der Waals surface area (Å²) in [4.78, 5) is 2.16. The standard InChI is InChI=1S/C12H18ClNO2/c1-14(7-6-13)9-10-4-5-11(15-2)12(8-10)16-3/h4-5,8H,6-7,9H2,1-3H3. The fourth-order valence-corrected chi connectivity index (χ4v) is 1.80. The van der Waals surface area contributed by atoms with Crippen molar-refractivity contribution in [3.8, 4) is 11.5 Å². The molecule has 1 rings (SSSR count). The van der Waals surface area contributed by atoms with Gasteiger partial charge in [0, 0.05) is 19.0 Å². The van der Waals surface area contributed by atoms with Crippen LogP contribution < -0.4 is 9.47 Å². The van der Waals surface area contributed by atoms with Gasteiger partial charge in [0.15, 0.2) is 11.5 Å². The van der Waals surface area contributed by atoms with Gasteiger partial charge in [-0.3, -0.25) is 0 Å². The van der Waals surface area contributed by atoms with Crippen LogP contribution in [-0.2, 0) is 6.54 Å². The average Bonchev–Trinajstić information content (AvgIpc) is 2.29. The van der Waals surface area contributed by atoms with Crippen molar-refractivity contribution in [1.29, 1.82) is 0 Å². The van der Waals surface area contributed by atoms with Crippen LogP contribution in [0.4, 0.5) is 0 Å². The smallest absolute Gasteiger partial charge is 0.161 e. The summed E-state index contributed by atoms with van der Waals surface area (Å²) >= 11 is 5.68. The normalized spacial score (nSPS) is 10.6. The van der Waals surface area contributed by atoms with E-state index >= 15 is 0 Å². The summed E-state index contributed by atoms with van der Waals surface area (Å²) in [7, 11) is 5.32. The highest BCUT2D eigenvalue weighted by Gasteiger charge is 2.06. The molecule has 0 heterocycles. The third-order valence-corrected chi connectivity index (χ3v) is 2.54. The summed E-state index contributed by atoms with van der Waals surface area (Å²) in [5.41, 5.74) is 1.19. The van der Waals surface area contributed by atoms with Crippen LogP contribution in [0.15, 0.2) is 18.2 Å². The number of hydrogen-bond donors (Lipinski definition) is 0. The fourth-order valence-electron chi connectivity index (χ4n) is 1.51. The van der Waals surface area contributed by atoms with Gasteiger partial charge < -0.3 is 14.4 Å². The Morgan fingerprint density at radius 3 is 2.44 bits per heavy atom. The molecule has 0 saturated heterocycles. The summed E-state index contributed by atoms with van der Waals surface area (Å²) in [6.07, 6.45) is 0. The van der Waals surface area contributed by atoms with Crippen LogP contribution in [0.25, 0.3) is 0 Å². The molecule has 0 atom stereocenters. The first kappa shape index (κ1) is 13.1. The lowest BCUT2D eigenvalue weighted by Crippen LogP contribution is -2.19. The molecule has 3 nitrogen and oxygen atoms in total. The quantitative estimate of drug-likeness (QED) is 0.716. The van der Waals surface area contributed by atoms with Crippen LogP contribution >= 0.6 is 11.6 Å². The zero-order chi connectivity index (χ0) is 12.0. The minimum atomic E-state index is 0.643. The maximum absolute atomic E-state index is 5.68. The Morgan fingerprint density at radius 2 is 1.88 bits per heavy atom. The number of benzene rings is 1. The second kappa shape index (κ2) is 6.61. The minimum Gasteiger partial charge on any atom is -0.493 e. The van der Waals surface area contributed by atoms with E-state index in [1.807, 2.05) is 25.2 Å². The molecule has 0 radical (unpaired) electrons. The topological polar surface area (TPSA) is 21.7 Å². The molecule has 0 fully saturated rings. The lowest BCUT2D eigenvalue weighted by atomic mass is 10.2. The predicted octanol–water partition coefficient (Wildman–Crippen LogP) is 2.37. The molecule has 0 amide bonds. The molecule has 0 unspecified atom stereocenters. The maximum atomic E-state index is 5.68. The summed E-state index contributed by atoms with van der Waals surface area (Å²) in [6, 6.07) is 5.94. The molecular weight excluding hydrogens is 226 g/mol. The van der Waals surface area contributed by atoms with E-state index in [0.717, 1.165) is 24.6 Å². The van der Waals surface area contributed by atoms with E-state index < -0.39 is 0 Å². The average molecular weight is 244 g/mol. The van der Waals surface area contributed by atoms with Gasteiger partial charge in [0.1, 0.15) is 0 Å². The van der Waals surface area contributed by atoms with E-state index in [9.17, 15) is 0 Å². The van der Waals surface area contributed by atoms with Gasteiger partial charge in [0.2, 0.25) is 0 Å². The lowest BCUT2D eigenvalue weighted by molar-refractivity contribution is 0.340. The van der Waals surface area contributed by atoms with Crippen LogP contribution in [0.3, 0.4) is 0 Å². The summed E-state index contributed by atoms with van der Waals surface area (Å²) in [5.74, 6) is 2.16. The van der Waals surface area contributed by atoms with E-state index in [1.165, 1.54) is 5.56 Å². The second-order valence-electron chi connectivity index (χ2n) is 3.62. The Bertz CT molecular complexity index is 331. The number of alkyl halides is 1. The Kier molecular flexibility index (Phi) is 5.43. The number of hydrogen-bond acceptors (Lipinski definition) is 3. The zero-order valence-corrected chi connectivity index (χ0v) is 10.8. The number of nitrogens with zero attached hydrogens (tertiary/aromatic N) is 1. The van der Waals surface area contributed by atoms with Crippen LogP contribution in [0.1, 0.15) is 5.56 Å². The van der Waals surface area contributed by atoms with Crippen LogP contribution in [0, 0.1) is 0 Å². The van der Waals surface area contributed by atoms with Gasteiger partial charge in [-0.15, -0.1) is 11.6 Å². The van der Waals surface area contributed by atoms with Gasteiger partial charge in [-0.2, -0.15) is 0 Å². The number of ether oxygens (including phenoxy) is 2. The second-order valence-corrected chi connectivity index (χ2v) is 3.99. The van der Waals surface area contributed by atoms with Gasteiger partial charge in [-0.25, -0.2) is 0 Å². The number of halogens is 1. The van der Waals surface area contributed by atoms with Crippen molar-refractivity contribution in [3.05, 3.63) is 23.8 Å². The van der Waals surface area contributed by atoms with Crippen molar-refractivity contribution >= 4 is 11.6 Å². The first-order valence-electron chi connectivity index (χ1n) is 5.16. The van der Waals surface area contributed by atoms with Crippen molar-refractivity contribution in [3.63, 3.8) is 0 Å². The Labute approximate surface area is 102 Å². The number of methoxy groups -OCH3 is 2. The molecule has 1 aromatic rings. The van der Waals surface area contributed by atoms with Gasteiger partial charge in [-0.1, -0.05) is 6.07 Å². The van der Waals surface area contributed by atoms with Crippen molar-refractivity contribution < 1.29 is 9.47 Å². The fraction of sp³-hybridized carbons (Fsp3) is 0.500. The van der Waals surface area contributed by atoms with E-state index in [1.54, 1.807) is 14.2 Å². The third-order valence-electron chi connectivity index (χ3n) is 2.37. The van der Waals surface area contributed by atoms with Crippen molar-refractivity contribution in [1.82, 2.24) is 4.90 Å². The molecule has 0 saturated carbocycles. The van der Waals surface area contributed by atoms with Crippen LogP contribution in [0.5, 0.6) is 11.5 Å². The molecule has 1 aromatic carbocycles. The molecule has 90 valence electrons. The highest BCUT2D eigenvalue weighted by molar-refractivity contribution is 6.18. The monoisotopic (exact) mass is 243 g/mol. The lowest BCUT2D eigenvalue weighted by Gasteiger charge is -2.16. The highest BCUT2D eigenvalue weighted by atomic mass is 35.5. The predicted molar refractivity (Wildman–Crippen MR) is 66.6 cm³/mol. The maximum Gasteiger partial charge on any atom is 0.161 e. The van der Waals surface area contributed by atoms with Gasteiger partial charge in [0.25, 0.3) is 0 Å². The largest absolute Gasteiger partial charge is 0.493 e. The van der Waals surface area contributed by atoms with Crippen molar-refractivity contribution in [2.75, 3.05) is 33.7 Å². The molecule has 16 heavy (non-hydrogen) atoms. The Balaban J connectivity index is 2.74. The highest BCUT2D eigenvalue weighted by Crippen LogP contribution is 2.27. The number of rotatable bonds is 6. The van der Waals surface area contributed by atoms with E-state index in [2.05, 4.69) is 4.90 Å². The molecule has 4 heteroatoms. The van der Waals surface area contributed by atoms with Gasteiger partial charge in [-0.05, 0) is 24.7 Å². The SMILES string of the molecule is COc1ccc(CN(C)CCCl)cc1OC. The first-order valence-corrected chi connectivity index (χ1v) is 5.70.